The second-order valence-electron chi connectivity index (χ2n) is 4.94. The second kappa shape index (κ2) is 5.44. The minimum Gasteiger partial charge on any atom is -0.349 e. The van der Waals surface area contributed by atoms with Crippen molar-refractivity contribution in [2.45, 2.75) is 38.8 Å². The number of nitrogens with one attached hydrogen (secondary N) is 1. The van der Waals surface area contributed by atoms with Crippen molar-refractivity contribution in [2.24, 2.45) is 5.73 Å². The average molecular weight is 256 g/mol. The predicted octanol–water partition coefficient (Wildman–Crippen LogP) is 1.75. The average Bonchev–Trinajstić information content (AvgIpc) is 2.22. The highest BCUT2D eigenvalue weighted by molar-refractivity contribution is 5.79. The molecule has 0 saturated heterocycles. The van der Waals surface area contributed by atoms with Crippen molar-refractivity contribution in [3.05, 3.63) is 35.4 Å². The van der Waals surface area contributed by atoms with Crippen molar-refractivity contribution in [3.63, 3.8) is 0 Å². The minimum atomic E-state index is -0.719. The van der Waals surface area contributed by atoms with Crippen LogP contribution in [-0.4, -0.2) is 17.5 Å². The van der Waals surface area contributed by atoms with Crippen LogP contribution in [0, 0.1) is 11.6 Å². The second-order valence-corrected chi connectivity index (χ2v) is 4.94. The molecule has 0 spiro atoms. The van der Waals surface area contributed by atoms with Crippen molar-refractivity contribution < 1.29 is 13.6 Å². The normalized spacial score (nSPS) is 13.2. The summed E-state index contributed by atoms with van der Waals surface area (Å²) in [6.45, 7) is 5.27. The fourth-order valence-corrected chi connectivity index (χ4v) is 1.38. The van der Waals surface area contributed by atoms with Gasteiger partial charge in [-0.2, -0.15) is 0 Å². The van der Waals surface area contributed by atoms with E-state index in [1.807, 2.05) is 0 Å². The van der Waals surface area contributed by atoms with E-state index in [1.165, 1.54) is 6.07 Å². The Bertz CT molecular complexity index is 424. The summed E-state index contributed by atoms with van der Waals surface area (Å²) < 4.78 is 26.7. The topological polar surface area (TPSA) is 55.1 Å². The highest BCUT2D eigenvalue weighted by Gasteiger charge is 2.25. The molecule has 3 nitrogen and oxygen atoms in total. The number of rotatable bonds is 4. The number of nitrogens with two attached hydrogens (primary N) is 1. The Morgan fingerprint density at radius 2 is 1.89 bits per heavy atom. The summed E-state index contributed by atoms with van der Waals surface area (Å²) in [5.41, 5.74) is 4.86. The Morgan fingerprint density at radius 1 is 1.39 bits per heavy atom. The van der Waals surface area contributed by atoms with E-state index in [0.29, 0.717) is 0 Å². The van der Waals surface area contributed by atoms with Gasteiger partial charge < -0.3 is 11.1 Å². The van der Waals surface area contributed by atoms with Crippen LogP contribution in [0.2, 0.25) is 0 Å². The number of benzene rings is 1. The number of carbonyl (C=O) groups excluding carboxylic acids is 1. The van der Waals surface area contributed by atoms with Crippen molar-refractivity contribution in [1.82, 2.24) is 5.32 Å². The van der Waals surface area contributed by atoms with Gasteiger partial charge in [-0.1, -0.05) is 6.07 Å². The van der Waals surface area contributed by atoms with Gasteiger partial charge in [0.1, 0.15) is 11.6 Å². The zero-order chi connectivity index (χ0) is 13.9. The Kier molecular flexibility index (Phi) is 4.40. The molecule has 1 aromatic rings. The van der Waals surface area contributed by atoms with Crippen LogP contribution in [0.25, 0.3) is 0 Å². The third-order valence-corrected chi connectivity index (χ3v) is 3.00. The van der Waals surface area contributed by atoms with Crippen molar-refractivity contribution in [1.29, 1.82) is 0 Å². The summed E-state index contributed by atoms with van der Waals surface area (Å²) in [5, 5.41) is 2.66. The highest BCUT2D eigenvalue weighted by Crippen LogP contribution is 2.14. The summed E-state index contributed by atoms with van der Waals surface area (Å²) in [5.74, 6) is -1.89. The molecule has 0 aromatic heterocycles. The van der Waals surface area contributed by atoms with Gasteiger partial charge in [0.05, 0.1) is 6.42 Å². The molecule has 18 heavy (non-hydrogen) atoms. The van der Waals surface area contributed by atoms with Crippen LogP contribution in [0.5, 0.6) is 0 Å². The van der Waals surface area contributed by atoms with E-state index in [0.717, 1.165) is 12.1 Å². The smallest absolute Gasteiger partial charge is 0.225 e. The van der Waals surface area contributed by atoms with Crippen molar-refractivity contribution in [2.75, 3.05) is 0 Å². The Labute approximate surface area is 105 Å². The van der Waals surface area contributed by atoms with E-state index in [1.54, 1.807) is 20.8 Å². The van der Waals surface area contributed by atoms with Gasteiger partial charge in [0.25, 0.3) is 0 Å². The predicted molar refractivity (Wildman–Crippen MR) is 65.9 cm³/mol. The van der Waals surface area contributed by atoms with Crippen LogP contribution >= 0.6 is 0 Å². The highest BCUT2D eigenvalue weighted by atomic mass is 19.1. The molecule has 1 unspecified atom stereocenters. The molecule has 3 N–H and O–H groups in total. The van der Waals surface area contributed by atoms with Gasteiger partial charge in [-0.15, -0.1) is 0 Å². The summed E-state index contributed by atoms with van der Waals surface area (Å²) in [6, 6.07) is 3.25. The van der Waals surface area contributed by atoms with E-state index in [9.17, 15) is 13.6 Å². The Morgan fingerprint density at radius 3 is 2.33 bits per heavy atom. The van der Waals surface area contributed by atoms with Crippen LogP contribution in [0.15, 0.2) is 18.2 Å². The molecule has 0 bridgehead atoms. The lowest BCUT2D eigenvalue weighted by Crippen LogP contribution is -2.55. The number of carbonyl (C=O) groups is 1. The monoisotopic (exact) mass is 256 g/mol. The molecule has 1 amide bonds. The lowest BCUT2D eigenvalue weighted by atomic mass is 9.96. The maximum Gasteiger partial charge on any atom is 0.225 e. The molecule has 0 aliphatic heterocycles. The first-order valence-electron chi connectivity index (χ1n) is 5.73. The summed E-state index contributed by atoms with van der Waals surface area (Å²) >= 11 is 0. The van der Waals surface area contributed by atoms with Gasteiger partial charge in [-0.05, 0) is 32.9 Å². The van der Waals surface area contributed by atoms with Gasteiger partial charge in [0, 0.05) is 17.1 Å². The quantitative estimate of drug-likeness (QED) is 0.862. The molecule has 1 atom stereocenters. The fraction of sp³-hybridized carbons (Fsp3) is 0.462. The van der Waals surface area contributed by atoms with Gasteiger partial charge in [0.2, 0.25) is 5.91 Å². The van der Waals surface area contributed by atoms with Crippen molar-refractivity contribution >= 4 is 5.91 Å². The van der Waals surface area contributed by atoms with E-state index in [-0.39, 0.29) is 18.0 Å². The molecular formula is C13H18F2N2O. The zero-order valence-electron chi connectivity index (χ0n) is 10.8. The SMILES string of the molecule is CC(N)C(C)(C)NC(=O)Cc1c(F)cccc1F. The first-order chi connectivity index (χ1) is 8.24. The van der Waals surface area contributed by atoms with Crippen LogP contribution in [-0.2, 0) is 11.2 Å². The fourth-order valence-electron chi connectivity index (χ4n) is 1.38. The van der Waals surface area contributed by atoms with E-state index >= 15 is 0 Å². The number of amides is 1. The zero-order valence-corrected chi connectivity index (χ0v) is 10.8. The molecule has 0 fully saturated rings. The van der Waals surface area contributed by atoms with E-state index in [2.05, 4.69) is 5.32 Å². The summed E-state index contributed by atoms with van der Waals surface area (Å²) in [6.07, 6.45) is -0.339. The molecule has 0 aliphatic rings. The molecule has 100 valence electrons. The number of hydrogen-bond acceptors (Lipinski definition) is 2. The molecule has 0 aliphatic carbocycles. The lowest BCUT2D eigenvalue weighted by Gasteiger charge is -2.30. The van der Waals surface area contributed by atoms with Crippen LogP contribution in [0.1, 0.15) is 26.3 Å². The van der Waals surface area contributed by atoms with Crippen LogP contribution < -0.4 is 11.1 Å². The standard InChI is InChI=1S/C13H18F2N2O/c1-8(16)13(2,3)17-12(18)7-9-10(14)5-4-6-11(9)15/h4-6,8H,7,16H2,1-3H3,(H,17,18). The first kappa shape index (κ1) is 14.6. The number of hydrogen-bond donors (Lipinski definition) is 2. The Balaban J connectivity index is 2.77. The summed E-state index contributed by atoms with van der Waals surface area (Å²) in [4.78, 5) is 11.7. The number of halogens is 2. The summed E-state index contributed by atoms with van der Waals surface area (Å²) in [7, 11) is 0. The van der Waals surface area contributed by atoms with Gasteiger partial charge >= 0.3 is 0 Å². The largest absolute Gasteiger partial charge is 0.349 e. The first-order valence-corrected chi connectivity index (χ1v) is 5.73. The Hall–Kier alpha value is -1.49. The van der Waals surface area contributed by atoms with Gasteiger partial charge in [-0.3, -0.25) is 4.79 Å². The molecular weight excluding hydrogens is 238 g/mol. The lowest BCUT2D eigenvalue weighted by molar-refractivity contribution is -0.122. The molecule has 1 rings (SSSR count). The van der Waals surface area contributed by atoms with Crippen LogP contribution in [0.4, 0.5) is 8.78 Å². The molecule has 1 aromatic carbocycles. The third-order valence-electron chi connectivity index (χ3n) is 3.00. The molecule has 0 saturated carbocycles. The molecule has 5 heteroatoms. The van der Waals surface area contributed by atoms with Gasteiger partial charge in [-0.25, -0.2) is 8.78 Å². The van der Waals surface area contributed by atoms with E-state index < -0.39 is 23.1 Å². The van der Waals surface area contributed by atoms with E-state index in [4.69, 9.17) is 5.73 Å². The minimum absolute atomic E-state index is 0.226. The third kappa shape index (κ3) is 3.50. The van der Waals surface area contributed by atoms with Crippen LogP contribution in [0.3, 0.4) is 0 Å². The maximum absolute atomic E-state index is 13.4. The van der Waals surface area contributed by atoms with Gasteiger partial charge in [0.15, 0.2) is 0 Å². The maximum atomic E-state index is 13.4. The molecule has 0 heterocycles. The van der Waals surface area contributed by atoms with Crippen molar-refractivity contribution in [3.8, 4) is 0 Å². The molecule has 0 radical (unpaired) electrons.